The van der Waals surface area contributed by atoms with Crippen molar-refractivity contribution < 1.29 is 0 Å². The predicted molar refractivity (Wildman–Crippen MR) is 79.0 cm³/mol. The Balaban J connectivity index is 2.17. The van der Waals surface area contributed by atoms with Crippen LogP contribution in [0.5, 0.6) is 0 Å². The van der Waals surface area contributed by atoms with Crippen molar-refractivity contribution in [2.24, 2.45) is 0 Å². The molecule has 3 aromatic rings. The molecule has 1 heterocycles. The highest BCUT2D eigenvalue weighted by atomic mass is 15.1. The van der Waals surface area contributed by atoms with Gasteiger partial charge in [0.2, 0.25) is 5.95 Å². The van der Waals surface area contributed by atoms with Crippen LogP contribution in [0.2, 0.25) is 0 Å². The molecule has 0 atom stereocenters. The Morgan fingerprint density at radius 1 is 0.842 bits per heavy atom. The first-order valence-corrected chi connectivity index (χ1v) is 6.27. The second-order valence-corrected chi connectivity index (χ2v) is 4.29. The van der Waals surface area contributed by atoms with Crippen LogP contribution in [0.1, 0.15) is 0 Å². The first-order valence-electron chi connectivity index (χ1n) is 6.27. The van der Waals surface area contributed by atoms with Crippen LogP contribution < -0.4 is 5.32 Å². The maximum atomic E-state index is 4.61. The summed E-state index contributed by atoms with van der Waals surface area (Å²) in [4.78, 5) is 7.93. The lowest BCUT2D eigenvalue weighted by atomic mass is 10.1. The van der Waals surface area contributed by atoms with Gasteiger partial charge in [-0.25, -0.2) is 4.98 Å². The summed E-state index contributed by atoms with van der Waals surface area (Å²) >= 11 is 0. The second-order valence-electron chi connectivity index (χ2n) is 4.29. The Labute approximate surface area is 112 Å². The van der Waals surface area contributed by atoms with Crippen LogP contribution in [-0.2, 0) is 0 Å². The van der Waals surface area contributed by atoms with E-state index in [4.69, 9.17) is 0 Å². The average Bonchev–Trinajstić information content (AvgIpc) is 2.93. The van der Waals surface area contributed by atoms with E-state index in [2.05, 4.69) is 39.6 Å². The molecule has 2 N–H and O–H groups in total. The summed E-state index contributed by atoms with van der Waals surface area (Å²) in [6, 6.07) is 20.4. The zero-order valence-electron chi connectivity index (χ0n) is 10.7. The molecule has 0 aliphatic carbocycles. The van der Waals surface area contributed by atoms with E-state index in [0.29, 0.717) is 0 Å². The van der Waals surface area contributed by atoms with Gasteiger partial charge in [-0.2, -0.15) is 0 Å². The largest absolute Gasteiger partial charge is 0.359 e. The van der Waals surface area contributed by atoms with Crippen LogP contribution in [0, 0.1) is 0 Å². The zero-order valence-corrected chi connectivity index (χ0v) is 10.7. The van der Waals surface area contributed by atoms with Gasteiger partial charge in [0, 0.05) is 18.2 Å². The van der Waals surface area contributed by atoms with Crippen molar-refractivity contribution in [3.8, 4) is 22.5 Å². The number of rotatable bonds is 3. The molecule has 3 nitrogen and oxygen atoms in total. The zero-order chi connectivity index (χ0) is 13.1. The van der Waals surface area contributed by atoms with Crippen LogP contribution >= 0.6 is 0 Å². The minimum absolute atomic E-state index is 0.776. The number of anilines is 1. The monoisotopic (exact) mass is 249 g/mol. The fourth-order valence-corrected chi connectivity index (χ4v) is 2.11. The minimum atomic E-state index is 0.776. The van der Waals surface area contributed by atoms with E-state index < -0.39 is 0 Å². The lowest BCUT2D eigenvalue weighted by Gasteiger charge is -2.02. The highest BCUT2D eigenvalue weighted by molar-refractivity contribution is 5.79. The van der Waals surface area contributed by atoms with Crippen molar-refractivity contribution in [3.63, 3.8) is 0 Å². The van der Waals surface area contributed by atoms with Crippen LogP contribution in [0.4, 0.5) is 5.95 Å². The van der Waals surface area contributed by atoms with E-state index in [1.807, 2.05) is 43.4 Å². The van der Waals surface area contributed by atoms with Crippen molar-refractivity contribution in [1.82, 2.24) is 9.97 Å². The summed E-state index contributed by atoms with van der Waals surface area (Å²) in [5.74, 6) is 0.776. The van der Waals surface area contributed by atoms with Crippen LogP contribution in [0.3, 0.4) is 0 Å². The van der Waals surface area contributed by atoms with Gasteiger partial charge in [-0.1, -0.05) is 60.7 Å². The lowest BCUT2D eigenvalue weighted by Crippen LogP contribution is -1.89. The van der Waals surface area contributed by atoms with Crippen LogP contribution in [0.25, 0.3) is 22.5 Å². The molecule has 2 aromatic carbocycles. The van der Waals surface area contributed by atoms with Gasteiger partial charge in [-0.3, -0.25) is 0 Å². The van der Waals surface area contributed by atoms with Crippen molar-refractivity contribution in [2.75, 3.05) is 12.4 Å². The molecule has 1 aromatic heterocycles. The van der Waals surface area contributed by atoms with E-state index in [1.54, 1.807) is 0 Å². The number of aromatic nitrogens is 2. The van der Waals surface area contributed by atoms with Crippen LogP contribution in [0.15, 0.2) is 60.7 Å². The smallest absolute Gasteiger partial charge is 0.200 e. The second kappa shape index (κ2) is 4.98. The molecule has 0 bridgehead atoms. The molecule has 19 heavy (non-hydrogen) atoms. The third kappa shape index (κ3) is 2.22. The van der Waals surface area contributed by atoms with Crippen molar-refractivity contribution in [1.29, 1.82) is 0 Å². The Morgan fingerprint density at radius 3 is 2.00 bits per heavy atom. The molecule has 0 radical (unpaired) electrons. The van der Waals surface area contributed by atoms with Crippen molar-refractivity contribution in [3.05, 3.63) is 60.7 Å². The normalized spacial score (nSPS) is 10.4. The van der Waals surface area contributed by atoms with Gasteiger partial charge in [0.25, 0.3) is 0 Å². The molecule has 0 aliphatic rings. The van der Waals surface area contributed by atoms with Crippen molar-refractivity contribution in [2.45, 2.75) is 0 Å². The summed E-state index contributed by atoms with van der Waals surface area (Å²) in [6.07, 6.45) is 0. The average molecular weight is 249 g/mol. The molecular weight excluding hydrogens is 234 g/mol. The molecule has 3 rings (SSSR count). The Kier molecular flexibility index (Phi) is 3.02. The number of nitrogens with one attached hydrogen (secondary N) is 2. The maximum absolute atomic E-state index is 4.61. The summed E-state index contributed by atoms with van der Waals surface area (Å²) < 4.78 is 0. The summed E-state index contributed by atoms with van der Waals surface area (Å²) in [5.41, 5.74) is 4.25. The maximum Gasteiger partial charge on any atom is 0.200 e. The third-order valence-corrected chi connectivity index (χ3v) is 3.05. The van der Waals surface area contributed by atoms with E-state index in [9.17, 15) is 0 Å². The number of H-pyrrole nitrogens is 1. The molecule has 0 saturated carbocycles. The first-order chi connectivity index (χ1) is 9.38. The van der Waals surface area contributed by atoms with Gasteiger partial charge in [0.15, 0.2) is 0 Å². The standard InChI is InChI=1S/C16H15N3/c1-17-16-18-14(12-8-4-2-5-9-12)15(19-16)13-10-6-3-7-11-13/h2-11H,1H3,(H2,17,18,19). The van der Waals surface area contributed by atoms with E-state index in [1.165, 1.54) is 0 Å². The predicted octanol–water partition coefficient (Wildman–Crippen LogP) is 3.79. The first kappa shape index (κ1) is 11.5. The minimum Gasteiger partial charge on any atom is -0.359 e. The number of aromatic amines is 1. The summed E-state index contributed by atoms with van der Waals surface area (Å²) in [5, 5.41) is 3.06. The highest BCUT2D eigenvalue weighted by Crippen LogP contribution is 2.30. The summed E-state index contributed by atoms with van der Waals surface area (Å²) in [7, 11) is 1.86. The van der Waals surface area contributed by atoms with Gasteiger partial charge in [0.05, 0.1) is 11.4 Å². The molecular formula is C16H15N3. The summed E-state index contributed by atoms with van der Waals surface area (Å²) in [6.45, 7) is 0. The fourth-order valence-electron chi connectivity index (χ4n) is 2.11. The molecule has 0 saturated heterocycles. The fraction of sp³-hybridized carbons (Fsp3) is 0.0625. The Hall–Kier alpha value is -2.55. The highest BCUT2D eigenvalue weighted by Gasteiger charge is 2.12. The Bertz CT molecular complexity index is 600. The number of nitrogens with zero attached hydrogens (tertiary/aromatic N) is 1. The van der Waals surface area contributed by atoms with Gasteiger partial charge >= 0.3 is 0 Å². The van der Waals surface area contributed by atoms with Gasteiger partial charge < -0.3 is 10.3 Å². The molecule has 0 aliphatic heterocycles. The SMILES string of the molecule is CNc1nc(-c2ccccc2)c(-c2ccccc2)[nH]1. The molecule has 0 amide bonds. The van der Waals surface area contributed by atoms with E-state index >= 15 is 0 Å². The molecule has 0 fully saturated rings. The molecule has 94 valence electrons. The van der Waals surface area contributed by atoms with Gasteiger partial charge in [-0.15, -0.1) is 0 Å². The Morgan fingerprint density at radius 2 is 1.42 bits per heavy atom. The van der Waals surface area contributed by atoms with E-state index in [0.717, 1.165) is 28.5 Å². The number of imidazole rings is 1. The topological polar surface area (TPSA) is 40.7 Å². The van der Waals surface area contributed by atoms with Gasteiger partial charge in [-0.05, 0) is 0 Å². The number of hydrogen-bond acceptors (Lipinski definition) is 2. The lowest BCUT2D eigenvalue weighted by molar-refractivity contribution is 1.26. The van der Waals surface area contributed by atoms with Crippen molar-refractivity contribution >= 4 is 5.95 Å². The molecule has 3 heteroatoms. The van der Waals surface area contributed by atoms with Gasteiger partial charge in [0.1, 0.15) is 0 Å². The number of benzene rings is 2. The quantitative estimate of drug-likeness (QED) is 0.741. The number of hydrogen-bond donors (Lipinski definition) is 2. The van der Waals surface area contributed by atoms with Crippen LogP contribution in [-0.4, -0.2) is 17.0 Å². The third-order valence-electron chi connectivity index (χ3n) is 3.05. The van der Waals surface area contributed by atoms with E-state index in [-0.39, 0.29) is 0 Å². The molecule has 0 spiro atoms. The molecule has 0 unspecified atom stereocenters.